The van der Waals surface area contributed by atoms with Gasteiger partial charge in [0.05, 0.1) is 19.2 Å². The van der Waals surface area contributed by atoms with Crippen molar-refractivity contribution in [3.05, 3.63) is 23.8 Å². The SMILES string of the molecule is COc1cc(F)c(NC(=O)CC(C)(C)CC(=O)O)cc1F. The molecular formula is C14H17F2NO4. The summed E-state index contributed by atoms with van der Waals surface area (Å²) in [5, 5.41) is 11.0. The number of methoxy groups -OCH3 is 1. The molecule has 0 bridgehead atoms. The van der Waals surface area contributed by atoms with Gasteiger partial charge in [0.25, 0.3) is 0 Å². The Balaban J connectivity index is 2.80. The number of halogens is 2. The molecule has 21 heavy (non-hydrogen) atoms. The second-order valence-corrected chi connectivity index (χ2v) is 5.43. The molecule has 0 aliphatic rings. The summed E-state index contributed by atoms with van der Waals surface area (Å²) < 4.78 is 31.8. The minimum atomic E-state index is -1.03. The minimum Gasteiger partial charge on any atom is -0.494 e. The first-order valence-corrected chi connectivity index (χ1v) is 6.19. The lowest BCUT2D eigenvalue weighted by Gasteiger charge is -2.21. The average molecular weight is 301 g/mol. The van der Waals surface area contributed by atoms with Gasteiger partial charge >= 0.3 is 5.97 Å². The second-order valence-electron chi connectivity index (χ2n) is 5.43. The molecule has 0 aliphatic carbocycles. The summed E-state index contributed by atoms with van der Waals surface area (Å²) in [4.78, 5) is 22.5. The molecule has 0 aliphatic heterocycles. The Hall–Kier alpha value is -2.18. The van der Waals surface area contributed by atoms with E-state index in [2.05, 4.69) is 10.1 Å². The largest absolute Gasteiger partial charge is 0.494 e. The van der Waals surface area contributed by atoms with E-state index in [9.17, 15) is 18.4 Å². The van der Waals surface area contributed by atoms with E-state index >= 15 is 0 Å². The second kappa shape index (κ2) is 6.51. The van der Waals surface area contributed by atoms with Crippen molar-refractivity contribution in [2.75, 3.05) is 12.4 Å². The van der Waals surface area contributed by atoms with Gasteiger partial charge in [0.15, 0.2) is 17.4 Å². The van der Waals surface area contributed by atoms with Crippen molar-refractivity contribution in [2.45, 2.75) is 26.7 Å². The van der Waals surface area contributed by atoms with Gasteiger partial charge in [-0.05, 0) is 5.41 Å². The summed E-state index contributed by atoms with van der Waals surface area (Å²) >= 11 is 0. The third-order valence-electron chi connectivity index (χ3n) is 2.78. The normalized spacial score (nSPS) is 11.1. The zero-order valence-electron chi connectivity index (χ0n) is 12.0. The molecule has 1 aromatic rings. The van der Waals surface area contributed by atoms with Crippen molar-refractivity contribution >= 4 is 17.6 Å². The number of carbonyl (C=O) groups is 2. The third kappa shape index (κ3) is 5.02. The molecule has 0 spiro atoms. The van der Waals surface area contributed by atoms with Crippen LogP contribution in [-0.4, -0.2) is 24.1 Å². The average Bonchev–Trinajstić information content (AvgIpc) is 2.30. The quantitative estimate of drug-likeness (QED) is 0.847. The number of anilines is 1. The Kier molecular flexibility index (Phi) is 5.23. The number of ether oxygens (including phenoxy) is 1. The highest BCUT2D eigenvalue weighted by Gasteiger charge is 2.25. The number of rotatable bonds is 6. The van der Waals surface area contributed by atoms with Crippen molar-refractivity contribution < 1.29 is 28.2 Å². The molecule has 1 aromatic carbocycles. The maximum absolute atomic E-state index is 13.7. The van der Waals surface area contributed by atoms with Gasteiger partial charge in [-0.3, -0.25) is 9.59 Å². The summed E-state index contributed by atoms with van der Waals surface area (Å²) in [5.41, 5.74) is -1.11. The molecule has 0 saturated heterocycles. The Morgan fingerprint density at radius 1 is 1.24 bits per heavy atom. The lowest BCUT2D eigenvalue weighted by molar-refractivity contribution is -0.139. The number of carboxylic acids is 1. The number of hydrogen-bond acceptors (Lipinski definition) is 3. The molecule has 7 heteroatoms. The number of benzene rings is 1. The summed E-state index contributed by atoms with van der Waals surface area (Å²) in [6, 6.07) is 1.64. The highest BCUT2D eigenvalue weighted by molar-refractivity contribution is 5.91. The number of nitrogens with one attached hydrogen (secondary N) is 1. The van der Waals surface area contributed by atoms with E-state index in [1.807, 2.05) is 0 Å². The van der Waals surface area contributed by atoms with Gasteiger partial charge < -0.3 is 15.2 Å². The lowest BCUT2D eigenvalue weighted by atomic mass is 9.85. The van der Waals surface area contributed by atoms with E-state index in [-0.39, 0.29) is 24.3 Å². The van der Waals surface area contributed by atoms with Gasteiger partial charge in [-0.1, -0.05) is 13.8 Å². The van der Waals surface area contributed by atoms with E-state index < -0.39 is 28.9 Å². The molecular weight excluding hydrogens is 284 g/mol. The van der Waals surface area contributed by atoms with Gasteiger partial charge in [0.1, 0.15) is 0 Å². The van der Waals surface area contributed by atoms with Gasteiger partial charge in [-0.15, -0.1) is 0 Å². The fraction of sp³-hybridized carbons (Fsp3) is 0.429. The Bertz CT molecular complexity index is 558. The molecule has 5 nitrogen and oxygen atoms in total. The van der Waals surface area contributed by atoms with Crippen molar-refractivity contribution in [2.24, 2.45) is 5.41 Å². The smallest absolute Gasteiger partial charge is 0.303 e. The van der Waals surface area contributed by atoms with E-state index in [1.54, 1.807) is 13.8 Å². The van der Waals surface area contributed by atoms with Crippen LogP contribution in [0, 0.1) is 17.0 Å². The maximum atomic E-state index is 13.7. The fourth-order valence-electron chi connectivity index (χ4n) is 1.88. The minimum absolute atomic E-state index is 0.133. The first-order chi connectivity index (χ1) is 9.64. The fourth-order valence-corrected chi connectivity index (χ4v) is 1.88. The highest BCUT2D eigenvalue weighted by atomic mass is 19.1. The topological polar surface area (TPSA) is 75.6 Å². The first kappa shape index (κ1) is 16.9. The first-order valence-electron chi connectivity index (χ1n) is 6.19. The maximum Gasteiger partial charge on any atom is 0.303 e. The van der Waals surface area contributed by atoms with Crippen LogP contribution in [-0.2, 0) is 9.59 Å². The van der Waals surface area contributed by atoms with Crippen molar-refractivity contribution in [1.29, 1.82) is 0 Å². The number of carboxylic acid groups (broad SMARTS) is 1. The molecule has 0 heterocycles. The molecule has 0 radical (unpaired) electrons. The lowest BCUT2D eigenvalue weighted by Crippen LogP contribution is -2.25. The van der Waals surface area contributed by atoms with Gasteiger partial charge in [-0.25, -0.2) is 8.78 Å². The number of amides is 1. The van der Waals surface area contributed by atoms with Crippen LogP contribution in [0.4, 0.5) is 14.5 Å². The number of aliphatic carboxylic acids is 1. The van der Waals surface area contributed by atoms with Crippen LogP contribution in [0.15, 0.2) is 12.1 Å². The van der Waals surface area contributed by atoms with Crippen LogP contribution in [0.2, 0.25) is 0 Å². The number of carbonyl (C=O) groups excluding carboxylic acids is 1. The van der Waals surface area contributed by atoms with Crippen LogP contribution in [0.25, 0.3) is 0 Å². The van der Waals surface area contributed by atoms with Crippen LogP contribution in [0.5, 0.6) is 5.75 Å². The number of hydrogen-bond donors (Lipinski definition) is 2. The monoisotopic (exact) mass is 301 g/mol. The molecule has 0 aromatic heterocycles. The molecule has 0 atom stereocenters. The third-order valence-corrected chi connectivity index (χ3v) is 2.78. The standard InChI is InChI=1S/C14H17F2NO4/c1-14(2,7-13(19)20)6-12(18)17-10-4-9(16)11(21-3)5-8(10)15/h4-5H,6-7H2,1-3H3,(H,17,18)(H,19,20). The Labute approximate surface area is 120 Å². The summed E-state index contributed by atoms with van der Waals surface area (Å²) in [5.74, 6) is -3.53. The summed E-state index contributed by atoms with van der Waals surface area (Å²) in [6.45, 7) is 3.21. The van der Waals surface area contributed by atoms with Gasteiger partial charge in [0.2, 0.25) is 5.91 Å². The van der Waals surface area contributed by atoms with Crippen molar-refractivity contribution in [3.8, 4) is 5.75 Å². The van der Waals surface area contributed by atoms with Gasteiger partial charge in [-0.2, -0.15) is 0 Å². The van der Waals surface area contributed by atoms with E-state index in [0.29, 0.717) is 0 Å². The summed E-state index contributed by atoms with van der Waals surface area (Å²) in [7, 11) is 1.20. The van der Waals surface area contributed by atoms with E-state index in [4.69, 9.17) is 5.11 Å². The predicted octanol–water partition coefficient (Wildman–Crippen LogP) is 2.80. The highest BCUT2D eigenvalue weighted by Crippen LogP contribution is 2.28. The van der Waals surface area contributed by atoms with Crippen molar-refractivity contribution in [1.82, 2.24) is 0 Å². The molecule has 1 amide bonds. The van der Waals surface area contributed by atoms with E-state index in [0.717, 1.165) is 12.1 Å². The molecule has 2 N–H and O–H groups in total. The zero-order valence-corrected chi connectivity index (χ0v) is 12.0. The summed E-state index contributed by atoms with van der Waals surface area (Å²) in [6.07, 6.45) is -0.341. The van der Waals surface area contributed by atoms with Gasteiger partial charge in [0, 0.05) is 18.6 Å². The molecule has 0 unspecified atom stereocenters. The molecule has 1 rings (SSSR count). The van der Waals surface area contributed by atoms with Crippen LogP contribution in [0.3, 0.4) is 0 Å². The van der Waals surface area contributed by atoms with E-state index in [1.165, 1.54) is 7.11 Å². The molecule has 0 saturated carbocycles. The van der Waals surface area contributed by atoms with Crippen LogP contribution in [0.1, 0.15) is 26.7 Å². The Morgan fingerprint density at radius 2 is 1.86 bits per heavy atom. The zero-order chi connectivity index (χ0) is 16.2. The predicted molar refractivity (Wildman–Crippen MR) is 72.2 cm³/mol. The van der Waals surface area contributed by atoms with Crippen molar-refractivity contribution in [3.63, 3.8) is 0 Å². The molecule has 116 valence electrons. The van der Waals surface area contributed by atoms with Crippen LogP contribution >= 0.6 is 0 Å². The Morgan fingerprint density at radius 3 is 2.38 bits per heavy atom. The van der Waals surface area contributed by atoms with Crippen LogP contribution < -0.4 is 10.1 Å². The molecule has 0 fully saturated rings.